The van der Waals surface area contributed by atoms with E-state index in [9.17, 15) is 9.59 Å². The molecule has 0 aliphatic carbocycles. The predicted octanol–water partition coefficient (Wildman–Crippen LogP) is 3.11. The molecule has 0 N–H and O–H groups in total. The second kappa shape index (κ2) is 8.21. The van der Waals surface area contributed by atoms with Crippen LogP contribution >= 0.6 is 0 Å². The molecule has 2 heterocycles. The molecule has 146 valence electrons. The number of hydrogen-bond donors (Lipinski definition) is 0. The van der Waals surface area contributed by atoms with Gasteiger partial charge >= 0.3 is 5.56 Å². The van der Waals surface area contributed by atoms with Gasteiger partial charge in [0, 0.05) is 18.4 Å². The van der Waals surface area contributed by atoms with Gasteiger partial charge in [0.2, 0.25) is 5.91 Å². The first-order valence-electron chi connectivity index (χ1n) is 9.36. The number of benzene rings is 1. The monoisotopic (exact) mass is 380 g/mol. The molecule has 1 amide bonds. The maximum Gasteiger partial charge on any atom is 0.315 e. The third kappa shape index (κ3) is 3.60. The first-order chi connectivity index (χ1) is 13.5. The molecule has 0 fully saturated rings. The van der Waals surface area contributed by atoms with Gasteiger partial charge in [0.25, 0.3) is 5.88 Å². The van der Waals surface area contributed by atoms with Gasteiger partial charge in [0.05, 0.1) is 6.61 Å². The summed E-state index contributed by atoms with van der Waals surface area (Å²) in [6, 6.07) is 10.4. The van der Waals surface area contributed by atoms with Crippen LogP contribution in [0.2, 0.25) is 0 Å². The van der Waals surface area contributed by atoms with Gasteiger partial charge in [-0.05, 0) is 57.5 Å². The summed E-state index contributed by atoms with van der Waals surface area (Å²) in [5.41, 5.74) is 2.25. The molecule has 3 rings (SSSR count). The Kier molecular flexibility index (Phi) is 5.73. The van der Waals surface area contributed by atoms with Gasteiger partial charge in [-0.15, -0.1) is 0 Å². The molecule has 0 spiro atoms. The molecule has 0 saturated carbocycles. The number of rotatable bonds is 6. The average Bonchev–Trinajstić information content (AvgIpc) is 2.69. The fourth-order valence-electron chi connectivity index (χ4n) is 3.21. The van der Waals surface area contributed by atoms with Gasteiger partial charge in [0.1, 0.15) is 11.6 Å². The number of nitrogens with zero attached hydrogens (tertiary/aromatic N) is 4. The van der Waals surface area contributed by atoms with Crippen molar-refractivity contribution in [3.63, 3.8) is 0 Å². The molecule has 1 unspecified atom stereocenters. The van der Waals surface area contributed by atoms with Gasteiger partial charge in [-0.2, -0.15) is 0 Å². The molecule has 0 aliphatic rings. The van der Waals surface area contributed by atoms with Gasteiger partial charge in [-0.1, -0.05) is 12.1 Å². The number of hydrogen-bond acceptors (Lipinski definition) is 5. The van der Waals surface area contributed by atoms with E-state index in [0.717, 1.165) is 11.3 Å². The molecule has 0 saturated heterocycles. The number of amides is 1. The number of carbonyl (C=O) groups excluding carboxylic acids is 1. The summed E-state index contributed by atoms with van der Waals surface area (Å²) in [7, 11) is 0. The number of likely N-dealkylation sites (N-methyl/N-ethyl adjacent to an activating group) is 1. The molecule has 0 bridgehead atoms. The molecule has 1 atom stereocenters. The molecule has 0 aliphatic heterocycles. The lowest BCUT2D eigenvalue weighted by Crippen LogP contribution is -2.40. The maximum atomic E-state index is 13.3. The van der Waals surface area contributed by atoms with Crippen LogP contribution in [0.3, 0.4) is 0 Å². The second-order valence-corrected chi connectivity index (χ2v) is 6.47. The fourth-order valence-corrected chi connectivity index (χ4v) is 3.21. The highest BCUT2D eigenvalue weighted by Crippen LogP contribution is 2.22. The minimum atomic E-state index is -0.771. The van der Waals surface area contributed by atoms with Crippen LogP contribution in [-0.2, 0) is 4.79 Å². The number of carbonyl (C=O) groups is 1. The van der Waals surface area contributed by atoms with E-state index in [1.54, 1.807) is 37.1 Å². The molecule has 7 heteroatoms. The maximum absolute atomic E-state index is 13.3. The Labute approximate surface area is 163 Å². The average molecular weight is 380 g/mol. The normalized spacial score (nSPS) is 12.0. The van der Waals surface area contributed by atoms with Crippen molar-refractivity contribution in [2.24, 2.45) is 0 Å². The van der Waals surface area contributed by atoms with Crippen molar-refractivity contribution in [2.75, 3.05) is 18.1 Å². The summed E-state index contributed by atoms with van der Waals surface area (Å²) in [4.78, 5) is 36.5. The van der Waals surface area contributed by atoms with E-state index < -0.39 is 11.6 Å². The Hall–Kier alpha value is -3.22. The Balaban J connectivity index is 2.11. The Morgan fingerprint density at radius 2 is 2.04 bits per heavy atom. The standard InChI is InChI=1S/C21H24N4O3/c1-5-24(16-10-7-9-14(3)13-16)20(26)15(4)25-18-17(11-8-12-22-18)23-19(21(25)27)28-6-2/h7-13,15H,5-6H2,1-4H3. The van der Waals surface area contributed by atoms with Crippen LogP contribution in [-0.4, -0.2) is 33.6 Å². The van der Waals surface area contributed by atoms with E-state index in [1.165, 1.54) is 4.57 Å². The number of pyridine rings is 1. The third-order valence-corrected chi connectivity index (χ3v) is 4.54. The van der Waals surface area contributed by atoms with Gasteiger partial charge < -0.3 is 9.64 Å². The molecule has 7 nitrogen and oxygen atoms in total. The minimum absolute atomic E-state index is 0.0266. The topological polar surface area (TPSA) is 77.3 Å². The Bertz CT molecular complexity index is 1060. The molecule has 0 radical (unpaired) electrons. The van der Waals surface area contributed by atoms with E-state index in [4.69, 9.17) is 4.74 Å². The molecular weight excluding hydrogens is 356 g/mol. The first kappa shape index (κ1) is 19.5. The number of aromatic nitrogens is 3. The van der Waals surface area contributed by atoms with Crippen molar-refractivity contribution in [1.82, 2.24) is 14.5 Å². The fraction of sp³-hybridized carbons (Fsp3) is 0.333. The molecule has 28 heavy (non-hydrogen) atoms. The molecular formula is C21H24N4O3. The third-order valence-electron chi connectivity index (χ3n) is 4.54. The quantitative estimate of drug-likeness (QED) is 0.657. The summed E-state index contributed by atoms with van der Waals surface area (Å²) >= 11 is 0. The highest BCUT2D eigenvalue weighted by molar-refractivity contribution is 5.96. The number of ether oxygens (including phenoxy) is 1. The zero-order valence-electron chi connectivity index (χ0n) is 16.5. The van der Waals surface area contributed by atoms with Crippen molar-refractivity contribution in [2.45, 2.75) is 33.7 Å². The first-order valence-corrected chi connectivity index (χ1v) is 9.36. The number of aryl methyl sites for hydroxylation is 1. The summed E-state index contributed by atoms with van der Waals surface area (Å²) in [5, 5.41) is 0. The van der Waals surface area contributed by atoms with Gasteiger partial charge in [-0.25, -0.2) is 9.97 Å². The van der Waals surface area contributed by atoms with E-state index in [1.807, 2.05) is 38.1 Å². The van der Waals surface area contributed by atoms with E-state index in [2.05, 4.69) is 9.97 Å². The van der Waals surface area contributed by atoms with Crippen LogP contribution in [0.1, 0.15) is 32.4 Å². The zero-order valence-corrected chi connectivity index (χ0v) is 16.5. The second-order valence-electron chi connectivity index (χ2n) is 6.47. The highest BCUT2D eigenvalue weighted by atomic mass is 16.5. The van der Waals surface area contributed by atoms with E-state index >= 15 is 0 Å². The Morgan fingerprint density at radius 1 is 1.25 bits per heavy atom. The van der Waals surface area contributed by atoms with Gasteiger partial charge in [-0.3, -0.25) is 14.2 Å². The predicted molar refractivity (Wildman–Crippen MR) is 109 cm³/mol. The smallest absolute Gasteiger partial charge is 0.315 e. The van der Waals surface area contributed by atoms with Gasteiger partial charge in [0.15, 0.2) is 5.65 Å². The molecule has 1 aromatic carbocycles. The van der Waals surface area contributed by atoms with Crippen molar-refractivity contribution in [3.8, 4) is 5.88 Å². The van der Waals surface area contributed by atoms with Crippen molar-refractivity contribution >= 4 is 22.8 Å². The van der Waals surface area contributed by atoms with Crippen LogP contribution < -0.4 is 15.2 Å². The van der Waals surface area contributed by atoms with E-state index in [0.29, 0.717) is 24.3 Å². The zero-order chi connectivity index (χ0) is 20.3. The van der Waals surface area contributed by atoms with Crippen LogP contribution in [0.15, 0.2) is 47.4 Å². The van der Waals surface area contributed by atoms with Crippen LogP contribution in [0, 0.1) is 6.92 Å². The van der Waals surface area contributed by atoms with E-state index in [-0.39, 0.29) is 11.8 Å². The van der Waals surface area contributed by atoms with Crippen LogP contribution in [0.4, 0.5) is 5.69 Å². The number of fused-ring (bicyclic) bond motifs is 1. The highest BCUT2D eigenvalue weighted by Gasteiger charge is 2.26. The summed E-state index contributed by atoms with van der Waals surface area (Å²) in [5.74, 6) is -0.225. The molecule has 2 aromatic heterocycles. The largest absolute Gasteiger partial charge is 0.474 e. The lowest BCUT2D eigenvalue weighted by Gasteiger charge is -2.26. The van der Waals surface area contributed by atoms with Crippen LogP contribution in [0.25, 0.3) is 11.2 Å². The summed E-state index contributed by atoms with van der Waals surface area (Å²) in [6.07, 6.45) is 1.58. The van der Waals surface area contributed by atoms with Crippen molar-refractivity contribution in [3.05, 3.63) is 58.5 Å². The Morgan fingerprint density at radius 3 is 2.71 bits per heavy atom. The van der Waals surface area contributed by atoms with Crippen molar-refractivity contribution in [1.29, 1.82) is 0 Å². The van der Waals surface area contributed by atoms with Crippen LogP contribution in [0.5, 0.6) is 5.88 Å². The summed E-state index contributed by atoms with van der Waals surface area (Å²) in [6.45, 7) is 8.15. The summed E-state index contributed by atoms with van der Waals surface area (Å²) < 4.78 is 6.77. The number of anilines is 1. The SMILES string of the molecule is CCOc1nc2cccnc2n(C(C)C(=O)N(CC)c2cccc(C)c2)c1=O. The minimum Gasteiger partial charge on any atom is -0.474 e. The lowest BCUT2D eigenvalue weighted by atomic mass is 10.2. The lowest BCUT2D eigenvalue weighted by molar-refractivity contribution is -0.121. The molecule has 3 aromatic rings. The van der Waals surface area contributed by atoms with Crippen molar-refractivity contribution < 1.29 is 9.53 Å².